The smallest absolute Gasteiger partial charge is 0.294 e. The predicted octanol–water partition coefficient (Wildman–Crippen LogP) is 3.80. The lowest BCUT2D eigenvalue weighted by Crippen LogP contribution is -2.17. The molecule has 0 bridgehead atoms. The Labute approximate surface area is 134 Å². The van der Waals surface area contributed by atoms with Crippen LogP contribution < -0.4 is 0 Å². The van der Waals surface area contributed by atoms with E-state index in [1.165, 1.54) is 11.8 Å². The van der Waals surface area contributed by atoms with Crippen molar-refractivity contribution in [3.63, 3.8) is 0 Å². The average Bonchev–Trinajstić information content (AvgIpc) is 2.53. The number of thioether (sulfide) groups is 1. The summed E-state index contributed by atoms with van der Waals surface area (Å²) in [5, 5.41) is 0.423. The molecular weight excluding hydrogens is 327 g/mol. The first-order valence-electron chi connectivity index (χ1n) is 6.91. The van der Waals surface area contributed by atoms with Gasteiger partial charge in [-0.1, -0.05) is 0 Å². The summed E-state index contributed by atoms with van der Waals surface area (Å²) >= 11 is 1.24. The average molecular weight is 339 g/mol. The van der Waals surface area contributed by atoms with Gasteiger partial charge in [0, 0.05) is 24.4 Å². The van der Waals surface area contributed by atoms with Crippen LogP contribution in [0.25, 0.3) is 11.4 Å². The number of aromatic nitrogens is 3. The number of hydrogen-bond acceptors (Lipinski definition) is 5. The maximum absolute atomic E-state index is 13.2. The molecule has 0 atom stereocenters. The third-order valence-electron chi connectivity index (χ3n) is 3.61. The summed E-state index contributed by atoms with van der Waals surface area (Å²) in [6.07, 6.45) is 1.04. The lowest BCUT2D eigenvalue weighted by Gasteiger charge is -2.18. The van der Waals surface area contributed by atoms with Gasteiger partial charge in [0.25, 0.3) is 0 Å². The van der Waals surface area contributed by atoms with Crippen LogP contribution in [0.2, 0.25) is 0 Å². The Balaban J connectivity index is 2.21. The third-order valence-corrected chi connectivity index (χ3v) is 4.29. The van der Waals surface area contributed by atoms with Gasteiger partial charge in [-0.25, -0.2) is 9.97 Å². The second-order valence-corrected chi connectivity index (χ2v) is 5.87. The standard InChI is InChI=1S/C15H12F3N3OS/c1-23-14-12-10(3-2-4-11(12)22)20-13(21-14)8-7-19-6-5-9(8)15(16,17)18/h5-7H,2-4H2,1H3. The Morgan fingerprint density at radius 1 is 1.22 bits per heavy atom. The van der Waals surface area contributed by atoms with Crippen LogP contribution in [0.15, 0.2) is 23.5 Å². The summed E-state index contributed by atoms with van der Waals surface area (Å²) in [5.74, 6) is -0.0902. The van der Waals surface area contributed by atoms with E-state index in [1.54, 1.807) is 6.26 Å². The Morgan fingerprint density at radius 3 is 2.70 bits per heavy atom. The number of carbonyl (C=O) groups excluding carboxylic acids is 1. The zero-order chi connectivity index (χ0) is 16.6. The molecule has 2 aromatic heterocycles. The fourth-order valence-corrected chi connectivity index (χ4v) is 3.19. The van der Waals surface area contributed by atoms with Gasteiger partial charge in [-0.2, -0.15) is 13.2 Å². The highest BCUT2D eigenvalue weighted by Crippen LogP contribution is 2.37. The van der Waals surface area contributed by atoms with E-state index in [9.17, 15) is 18.0 Å². The van der Waals surface area contributed by atoms with Gasteiger partial charge < -0.3 is 0 Å². The Morgan fingerprint density at radius 2 is 2.00 bits per heavy atom. The van der Waals surface area contributed by atoms with Gasteiger partial charge in [-0.3, -0.25) is 9.78 Å². The molecule has 0 radical (unpaired) electrons. The van der Waals surface area contributed by atoms with E-state index in [0.717, 1.165) is 18.5 Å². The van der Waals surface area contributed by atoms with Crippen molar-refractivity contribution in [2.24, 2.45) is 0 Å². The minimum absolute atomic E-state index is 0.0387. The molecule has 0 saturated carbocycles. The van der Waals surface area contributed by atoms with Crippen molar-refractivity contribution in [2.45, 2.75) is 30.5 Å². The number of pyridine rings is 1. The van der Waals surface area contributed by atoms with Gasteiger partial charge >= 0.3 is 6.18 Å². The van der Waals surface area contributed by atoms with Crippen LogP contribution in [0.1, 0.15) is 34.5 Å². The number of alkyl halides is 3. The number of ketones is 1. The number of halogens is 3. The second-order valence-electron chi connectivity index (χ2n) is 5.07. The molecule has 0 fully saturated rings. The highest BCUT2D eigenvalue weighted by Gasteiger charge is 2.35. The zero-order valence-electron chi connectivity index (χ0n) is 12.1. The van der Waals surface area contributed by atoms with Crippen LogP contribution in [0, 0.1) is 0 Å². The summed E-state index contributed by atoms with van der Waals surface area (Å²) in [7, 11) is 0. The Kier molecular flexibility index (Phi) is 4.09. The zero-order valence-corrected chi connectivity index (χ0v) is 13.0. The van der Waals surface area contributed by atoms with Crippen LogP contribution in [0.4, 0.5) is 13.2 Å². The van der Waals surface area contributed by atoms with E-state index in [1.807, 2.05) is 0 Å². The largest absolute Gasteiger partial charge is 0.417 e. The third kappa shape index (κ3) is 2.95. The molecule has 3 rings (SSSR count). The molecule has 2 heterocycles. The van der Waals surface area contributed by atoms with Crippen molar-refractivity contribution >= 4 is 17.5 Å². The second kappa shape index (κ2) is 5.92. The molecule has 4 nitrogen and oxygen atoms in total. The molecule has 0 unspecified atom stereocenters. The van der Waals surface area contributed by atoms with Crippen molar-refractivity contribution in [3.05, 3.63) is 35.3 Å². The van der Waals surface area contributed by atoms with E-state index in [4.69, 9.17) is 0 Å². The van der Waals surface area contributed by atoms with Crippen LogP contribution in [0.3, 0.4) is 0 Å². The molecule has 0 spiro atoms. The first-order chi connectivity index (χ1) is 10.9. The van der Waals surface area contributed by atoms with Gasteiger partial charge in [0.2, 0.25) is 0 Å². The summed E-state index contributed by atoms with van der Waals surface area (Å²) in [6, 6.07) is 0.905. The molecule has 0 N–H and O–H groups in total. The minimum atomic E-state index is -4.52. The van der Waals surface area contributed by atoms with E-state index >= 15 is 0 Å². The van der Waals surface area contributed by atoms with Gasteiger partial charge in [-0.15, -0.1) is 11.8 Å². The maximum atomic E-state index is 13.2. The van der Waals surface area contributed by atoms with E-state index in [2.05, 4.69) is 15.0 Å². The number of fused-ring (bicyclic) bond motifs is 1. The minimum Gasteiger partial charge on any atom is -0.294 e. The summed E-state index contributed by atoms with van der Waals surface area (Å²) in [6.45, 7) is 0. The topological polar surface area (TPSA) is 55.7 Å². The molecule has 0 aliphatic heterocycles. The Hall–Kier alpha value is -1.96. The fraction of sp³-hybridized carbons (Fsp3) is 0.333. The molecule has 2 aromatic rings. The van der Waals surface area contributed by atoms with Crippen LogP contribution >= 0.6 is 11.8 Å². The molecule has 23 heavy (non-hydrogen) atoms. The number of carbonyl (C=O) groups is 1. The molecule has 8 heteroatoms. The molecule has 1 aliphatic carbocycles. The van der Waals surface area contributed by atoms with Gasteiger partial charge in [0.05, 0.1) is 16.8 Å². The molecular formula is C15H12F3N3OS. The van der Waals surface area contributed by atoms with Gasteiger partial charge in [-0.05, 0) is 25.2 Å². The first kappa shape index (κ1) is 15.9. The molecule has 1 aliphatic rings. The van der Waals surface area contributed by atoms with Gasteiger partial charge in [0.15, 0.2) is 11.6 Å². The maximum Gasteiger partial charge on any atom is 0.417 e. The van der Waals surface area contributed by atoms with Crippen molar-refractivity contribution in [3.8, 4) is 11.4 Å². The van der Waals surface area contributed by atoms with Crippen LogP contribution in [-0.4, -0.2) is 27.0 Å². The summed E-state index contributed by atoms with van der Waals surface area (Å²) in [5.41, 5.74) is -0.0321. The van der Waals surface area contributed by atoms with Crippen molar-refractivity contribution in [1.82, 2.24) is 15.0 Å². The number of aryl methyl sites for hydroxylation is 1. The monoisotopic (exact) mass is 339 g/mol. The number of nitrogens with zero attached hydrogens (tertiary/aromatic N) is 3. The summed E-state index contributed by atoms with van der Waals surface area (Å²) < 4.78 is 39.5. The lowest BCUT2D eigenvalue weighted by molar-refractivity contribution is -0.137. The lowest BCUT2D eigenvalue weighted by atomic mass is 9.96. The SMILES string of the molecule is CSc1nc(-c2cnccc2C(F)(F)F)nc2c1C(=O)CCC2. The van der Waals surface area contributed by atoms with Crippen molar-refractivity contribution < 1.29 is 18.0 Å². The number of Topliss-reactive ketones (excluding diaryl/α,β-unsaturated/α-hetero) is 1. The number of hydrogen-bond donors (Lipinski definition) is 0. The predicted molar refractivity (Wildman–Crippen MR) is 79.3 cm³/mol. The fourth-order valence-electron chi connectivity index (χ4n) is 2.57. The van der Waals surface area contributed by atoms with Crippen molar-refractivity contribution in [2.75, 3.05) is 6.26 Å². The Bertz CT molecular complexity index is 760. The summed E-state index contributed by atoms with van der Waals surface area (Å²) in [4.78, 5) is 24.2. The van der Waals surface area contributed by atoms with E-state index in [0.29, 0.717) is 35.5 Å². The molecule has 120 valence electrons. The molecule has 0 saturated heterocycles. The van der Waals surface area contributed by atoms with Crippen LogP contribution in [-0.2, 0) is 12.6 Å². The quantitative estimate of drug-likeness (QED) is 0.615. The normalized spacial score (nSPS) is 14.7. The highest BCUT2D eigenvalue weighted by molar-refractivity contribution is 7.98. The van der Waals surface area contributed by atoms with E-state index in [-0.39, 0.29) is 17.2 Å². The molecule has 0 amide bonds. The van der Waals surface area contributed by atoms with Crippen LogP contribution in [0.5, 0.6) is 0 Å². The van der Waals surface area contributed by atoms with E-state index < -0.39 is 11.7 Å². The highest BCUT2D eigenvalue weighted by atomic mass is 32.2. The molecule has 0 aromatic carbocycles. The number of rotatable bonds is 2. The van der Waals surface area contributed by atoms with Crippen molar-refractivity contribution in [1.29, 1.82) is 0 Å². The first-order valence-corrected chi connectivity index (χ1v) is 8.14. The van der Waals surface area contributed by atoms with Gasteiger partial charge in [0.1, 0.15) is 5.03 Å².